The van der Waals surface area contributed by atoms with E-state index in [0.717, 1.165) is 24.7 Å². The van der Waals surface area contributed by atoms with Gasteiger partial charge < -0.3 is 9.84 Å². The van der Waals surface area contributed by atoms with Crippen LogP contribution in [0.5, 0.6) is 0 Å². The van der Waals surface area contributed by atoms with Gasteiger partial charge in [-0.25, -0.2) is 0 Å². The smallest absolute Gasteiger partial charge is 0.311 e. The van der Waals surface area contributed by atoms with E-state index in [2.05, 4.69) is 6.92 Å². The van der Waals surface area contributed by atoms with E-state index >= 15 is 0 Å². The Bertz CT molecular complexity index is 345. The second kappa shape index (κ2) is 11.1. The van der Waals surface area contributed by atoms with E-state index in [0.29, 0.717) is 19.1 Å². The molecule has 142 valence electrons. The van der Waals surface area contributed by atoms with Crippen molar-refractivity contribution in [1.29, 1.82) is 0 Å². The Morgan fingerprint density at radius 3 is 2.25 bits per heavy atom. The fourth-order valence-electron chi connectivity index (χ4n) is 3.49. The van der Waals surface area contributed by atoms with E-state index in [9.17, 15) is 4.79 Å². The summed E-state index contributed by atoms with van der Waals surface area (Å²) >= 11 is 0. The summed E-state index contributed by atoms with van der Waals surface area (Å²) in [7, 11) is 0. The molecule has 0 aromatic carbocycles. The number of hydrogen-bond donors (Lipinski definition) is 1. The van der Waals surface area contributed by atoms with Crippen LogP contribution in [-0.4, -0.2) is 24.3 Å². The molecule has 1 unspecified atom stereocenters. The number of rotatable bonds is 13. The molecule has 0 aromatic heterocycles. The molecule has 0 bridgehead atoms. The van der Waals surface area contributed by atoms with Gasteiger partial charge in [0.1, 0.15) is 0 Å². The van der Waals surface area contributed by atoms with Crippen LogP contribution in [0.1, 0.15) is 91.9 Å². The SMILES string of the molecule is CC(CCO)[C@H]1C[C@@H]1CCCCCCCCCOC(=O)C(C)(C)C. The lowest BCUT2D eigenvalue weighted by atomic mass is 9.97. The molecule has 3 atom stereocenters. The molecule has 0 spiro atoms. The number of aliphatic hydroxyl groups excluding tert-OH is 1. The summed E-state index contributed by atoms with van der Waals surface area (Å²) in [5.74, 6) is 2.47. The molecule has 0 saturated heterocycles. The third-order valence-electron chi connectivity index (χ3n) is 5.36. The van der Waals surface area contributed by atoms with E-state index in [4.69, 9.17) is 9.84 Å². The van der Waals surface area contributed by atoms with Crippen LogP contribution in [0.2, 0.25) is 0 Å². The van der Waals surface area contributed by atoms with Crippen molar-refractivity contribution in [2.75, 3.05) is 13.2 Å². The maximum absolute atomic E-state index is 11.6. The summed E-state index contributed by atoms with van der Waals surface area (Å²) in [6.45, 7) is 8.90. The molecule has 24 heavy (non-hydrogen) atoms. The van der Waals surface area contributed by atoms with E-state index < -0.39 is 0 Å². The number of esters is 1. The number of hydrogen-bond acceptors (Lipinski definition) is 3. The molecule has 0 amide bonds. The van der Waals surface area contributed by atoms with Gasteiger partial charge in [-0.05, 0) is 57.8 Å². The molecule has 1 aliphatic rings. The second-order valence-electron chi connectivity index (χ2n) is 8.80. The molecule has 1 fully saturated rings. The number of carbonyl (C=O) groups excluding carboxylic acids is 1. The molecule has 0 aliphatic heterocycles. The highest BCUT2D eigenvalue weighted by Crippen LogP contribution is 2.48. The van der Waals surface area contributed by atoms with E-state index in [-0.39, 0.29) is 11.4 Å². The minimum Gasteiger partial charge on any atom is -0.465 e. The second-order valence-corrected chi connectivity index (χ2v) is 8.80. The third kappa shape index (κ3) is 9.05. The predicted molar refractivity (Wildman–Crippen MR) is 99.8 cm³/mol. The summed E-state index contributed by atoms with van der Waals surface area (Å²) in [5.41, 5.74) is -0.379. The van der Waals surface area contributed by atoms with Crippen LogP contribution in [0.15, 0.2) is 0 Å². The van der Waals surface area contributed by atoms with Gasteiger partial charge in [-0.1, -0.05) is 51.9 Å². The Balaban J connectivity index is 1.83. The zero-order chi connectivity index (χ0) is 18.0. The van der Waals surface area contributed by atoms with Crippen molar-refractivity contribution in [2.24, 2.45) is 23.2 Å². The van der Waals surface area contributed by atoms with Gasteiger partial charge in [-0.2, -0.15) is 0 Å². The van der Waals surface area contributed by atoms with E-state index in [1.165, 1.54) is 51.4 Å². The number of unbranched alkanes of at least 4 members (excludes halogenated alkanes) is 6. The molecule has 0 heterocycles. The van der Waals surface area contributed by atoms with Crippen LogP contribution < -0.4 is 0 Å². The van der Waals surface area contributed by atoms with Gasteiger partial charge in [0.25, 0.3) is 0 Å². The average Bonchev–Trinajstić information content (AvgIpc) is 3.28. The maximum Gasteiger partial charge on any atom is 0.311 e. The monoisotopic (exact) mass is 340 g/mol. The zero-order valence-electron chi connectivity index (χ0n) is 16.5. The highest BCUT2D eigenvalue weighted by Gasteiger charge is 2.39. The number of carbonyl (C=O) groups is 1. The molecule has 3 heteroatoms. The van der Waals surface area contributed by atoms with Crippen molar-refractivity contribution in [2.45, 2.75) is 91.9 Å². The highest BCUT2D eigenvalue weighted by atomic mass is 16.5. The topological polar surface area (TPSA) is 46.5 Å². The van der Waals surface area contributed by atoms with Gasteiger partial charge in [0.2, 0.25) is 0 Å². The van der Waals surface area contributed by atoms with Gasteiger partial charge >= 0.3 is 5.97 Å². The summed E-state index contributed by atoms with van der Waals surface area (Å²) in [4.78, 5) is 11.6. The Hall–Kier alpha value is -0.570. The molecule has 1 aliphatic carbocycles. The summed E-state index contributed by atoms with van der Waals surface area (Å²) in [6, 6.07) is 0. The molecular formula is C21H40O3. The minimum atomic E-state index is -0.379. The first-order chi connectivity index (χ1) is 11.4. The normalized spacial score (nSPS) is 21.5. The van der Waals surface area contributed by atoms with Crippen molar-refractivity contribution >= 4 is 5.97 Å². The van der Waals surface area contributed by atoms with Crippen molar-refractivity contribution in [3.05, 3.63) is 0 Å². The molecule has 1 N–H and O–H groups in total. The molecule has 3 nitrogen and oxygen atoms in total. The van der Waals surface area contributed by atoms with Gasteiger partial charge in [0, 0.05) is 6.61 Å². The Labute approximate surface area is 149 Å². The standard InChI is InChI=1S/C21H40O3/c1-17(13-14-22)19-16-18(19)12-10-8-6-5-7-9-11-15-24-20(23)21(2,3)4/h17-19,22H,5-16H2,1-4H3/t17?,18-,19+/m0/s1. The molecule has 1 saturated carbocycles. The quantitative estimate of drug-likeness (QED) is 0.363. The van der Waals surface area contributed by atoms with E-state index in [1.54, 1.807) is 0 Å². The van der Waals surface area contributed by atoms with Crippen molar-refractivity contribution in [3.63, 3.8) is 0 Å². The fourth-order valence-corrected chi connectivity index (χ4v) is 3.49. The lowest BCUT2D eigenvalue weighted by Crippen LogP contribution is -2.23. The van der Waals surface area contributed by atoms with Crippen LogP contribution in [0.3, 0.4) is 0 Å². The van der Waals surface area contributed by atoms with Crippen molar-refractivity contribution in [1.82, 2.24) is 0 Å². The number of aliphatic hydroxyl groups is 1. The van der Waals surface area contributed by atoms with E-state index in [1.807, 2.05) is 20.8 Å². The largest absolute Gasteiger partial charge is 0.465 e. The third-order valence-corrected chi connectivity index (χ3v) is 5.36. The van der Waals surface area contributed by atoms with Gasteiger partial charge in [0.15, 0.2) is 0 Å². The molecular weight excluding hydrogens is 300 g/mol. The molecule has 0 aromatic rings. The van der Waals surface area contributed by atoms with Crippen LogP contribution in [0.25, 0.3) is 0 Å². The van der Waals surface area contributed by atoms with Gasteiger partial charge in [-0.3, -0.25) is 4.79 Å². The average molecular weight is 341 g/mol. The first-order valence-corrected chi connectivity index (χ1v) is 10.1. The summed E-state index contributed by atoms with van der Waals surface area (Å²) in [5, 5.41) is 8.99. The van der Waals surface area contributed by atoms with Crippen molar-refractivity contribution in [3.8, 4) is 0 Å². The Morgan fingerprint density at radius 1 is 1.08 bits per heavy atom. The summed E-state index contributed by atoms with van der Waals surface area (Å²) in [6.07, 6.45) is 12.6. The van der Waals surface area contributed by atoms with Crippen molar-refractivity contribution < 1.29 is 14.6 Å². The van der Waals surface area contributed by atoms with Crippen LogP contribution in [0, 0.1) is 23.2 Å². The molecule has 0 radical (unpaired) electrons. The van der Waals surface area contributed by atoms with Gasteiger partial charge in [-0.15, -0.1) is 0 Å². The Kier molecular flexibility index (Phi) is 9.95. The van der Waals surface area contributed by atoms with Crippen LogP contribution >= 0.6 is 0 Å². The van der Waals surface area contributed by atoms with Crippen LogP contribution in [-0.2, 0) is 9.53 Å². The van der Waals surface area contributed by atoms with Gasteiger partial charge in [0.05, 0.1) is 12.0 Å². The predicted octanol–water partition coefficient (Wildman–Crippen LogP) is 5.35. The zero-order valence-corrected chi connectivity index (χ0v) is 16.5. The highest BCUT2D eigenvalue weighted by molar-refractivity contribution is 5.75. The first kappa shape index (κ1) is 21.5. The Morgan fingerprint density at radius 2 is 1.67 bits per heavy atom. The lowest BCUT2D eigenvalue weighted by molar-refractivity contribution is -0.153. The molecule has 1 rings (SSSR count). The minimum absolute atomic E-state index is 0.0887. The number of ether oxygens (including phenoxy) is 1. The fraction of sp³-hybridized carbons (Fsp3) is 0.952. The summed E-state index contributed by atoms with van der Waals surface area (Å²) < 4.78 is 5.28. The first-order valence-electron chi connectivity index (χ1n) is 10.1. The lowest BCUT2D eigenvalue weighted by Gasteiger charge is -2.16. The maximum atomic E-state index is 11.6. The van der Waals surface area contributed by atoms with Crippen LogP contribution in [0.4, 0.5) is 0 Å².